The number of carbonyl (C=O) groups is 3. The molecular weight excluding hydrogens is 589 g/mol. The predicted octanol–water partition coefficient (Wildman–Crippen LogP) is 2.77. The van der Waals surface area contributed by atoms with Gasteiger partial charge in [-0.2, -0.15) is 4.31 Å². The average Bonchev–Trinajstić information content (AvgIpc) is 2.82. The lowest BCUT2D eigenvalue weighted by atomic mass is 9.91. The zero-order valence-electron chi connectivity index (χ0n) is 19.5. The van der Waals surface area contributed by atoms with Crippen molar-refractivity contribution in [3.8, 4) is 0 Å². The van der Waals surface area contributed by atoms with Gasteiger partial charge in [0, 0.05) is 29.4 Å². The van der Waals surface area contributed by atoms with Crippen LogP contribution < -0.4 is 5.73 Å². The third-order valence-electron chi connectivity index (χ3n) is 6.49. The van der Waals surface area contributed by atoms with Crippen molar-refractivity contribution in [1.29, 1.82) is 0 Å². The summed E-state index contributed by atoms with van der Waals surface area (Å²) in [6.07, 6.45) is -3.63. The molecule has 4 rings (SSSR count). The molecule has 15 heteroatoms. The Labute approximate surface area is 232 Å². The first-order chi connectivity index (χ1) is 17.8. The summed E-state index contributed by atoms with van der Waals surface area (Å²) in [5, 5.41) is 0.263. The zero-order chi connectivity index (χ0) is 28.0. The van der Waals surface area contributed by atoms with E-state index in [-0.39, 0.29) is 16.5 Å². The molecule has 2 heterocycles. The fraction of sp³-hybridized carbons (Fsp3) is 0.348. The van der Waals surface area contributed by atoms with Crippen molar-refractivity contribution in [2.24, 2.45) is 5.73 Å². The topological polar surface area (TPSA) is 121 Å². The van der Waals surface area contributed by atoms with Gasteiger partial charge in [0.15, 0.2) is 0 Å². The Morgan fingerprint density at radius 2 is 1.71 bits per heavy atom. The maximum absolute atomic E-state index is 13.9. The number of rotatable bonds is 7. The Bertz CT molecular complexity index is 1400. The van der Waals surface area contributed by atoms with Crippen molar-refractivity contribution < 1.29 is 31.6 Å². The first-order valence-corrected chi connectivity index (χ1v) is 13.8. The number of benzene rings is 2. The van der Waals surface area contributed by atoms with Crippen LogP contribution in [0.2, 0.25) is 15.1 Å². The van der Waals surface area contributed by atoms with Gasteiger partial charge in [0.1, 0.15) is 10.9 Å². The largest absolute Gasteiger partial charge is 0.366 e. The van der Waals surface area contributed by atoms with Gasteiger partial charge < -0.3 is 15.5 Å². The van der Waals surface area contributed by atoms with Gasteiger partial charge in [-0.1, -0.05) is 46.9 Å². The van der Waals surface area contributed by atoms with Gasteiger partial charge in [0.05, 0.1) is 18.1 Å². The highest BCUT2D eigenvalue weighted by molar-refractivity contribution is 7.89. The number of nitrogens with zero attached hydrogens (tertiary/aromatic N) is 3. The van der Waals surface area contributed by atoms with Gasteiger partial charge in [-0.05, 0) is 35.9 Å². The normalized spacial score (nSPS) is 22.6. The molecule has 0 spiro atoms. The number of primary amides is 1. The summed E-state index contributed by atoms with van der Waals surface area (Å²) in [6, 6.07) is 8.22. The fourth-order valence-corrected chi connectivity index (χ4v) is 7.44. The second kappa shape index (κ2) is 10.6. The molecule has 2 aliphatic rings. The molecule has 204 valence electrons. The molecule has 0 aliphatic carbocycles. The summed E-state index contributed by atoms with van der Waals surface area (Å²) in [4.78, 5) is 41.0. The van der Waals surface area contributed by atoms with E-state index < -0.39 is 76.8 Å². The molecule has 2 saturated heterocycles. The van der Waals surface area contributed by atoms with E-state index >= 15 is 0 Å². The smallest absolute Gasteiger partial charge is 0.261 e. The van der Waals surface area contributed by atoms with Crippen molar-refractivity contribution >= 4 is 62.5 Å². The van der Waals surface area contributed by atoms with Crippen LogP contribution in [0.15, 0.2) is 47.4 Å². The first kappa shape index (κ1) is 28.5. The minimum Gasteiger partial charge on any atom is -0.366 e. The lowest BCUT2D eigenvalue weighted by Gasteiger charge is -2.57. The Hall–Kier alpha value is -2.51. The Balaban J connectivity index is 1.91. The second-order valence-electron chi connectivity index (χ2n) is 8.80. The van der Waals surface area contributed by atoms with Crippen LogP contribution >= 0.6 is 34.8 Å². The molecule has 2 atom stereocenters. The molecule has 2 aliphatic heterocycles. The molecule has 0 aromatic heterocycles. The number of hydrogen-bond acceptors (Lipinski definition) is 5. The number of piperazine rings is 1. The molecule has 0 saturated carbocycles. The second-order valence-corrected chi connectivity index (χ2v) is 11.9. The van der Waals surface area contributed by atoms with Crippen LogP contribution in [0.5, 0.6) is 0 Å². The van der Waals surface area contributed by atoms with Crippen molar-refractivity contribution in [2.45, 2.75) is 35.9 Å². The van der Waals surface area contributed by atoms with Crippen molar-refractivity contribution in [3.63, 3.8) is 0 Å². The molecule has 0 bridgehead atoms. The molecule has 9 nitrogen and oxygen atoms in total. The van der Waals surface area contributed by atoms with E-state index in [9.17, 15) is 31.6 Å². The lowest BCUT2D eigenvalue weighted by Crippen LogP contribution is -2.82. The summed E-state index contributed by atoms with van der Waals surface area (Å²) < 4.78 is 55.5. The van der Waals surface area contributed by atoms with Gasteiger partial charge in [-0.15, -0.1) is 0 Å². The van der Waals surface area contributed by atoms with E-state index in [0.717, 1.165) is 11.0 Å². The van der Waals surface area contributed by atoms with Crippen LogP contribution in [0.25, 0.3) is 0 Å². The molecular formula is C23H21Cl3F2N4O5S. The van der Waals surface area contributed by atoms with E-state index in [2.05, 4.69) is 0 Å². The molecule has 38 heavy (non-hydrogen) atoms. The van der Waals surface area contributed by atoms with Gasteiger partial charge in [0.25, 0.3) is 12.3 Å². The van der Waals surface area contributed by atoms with Crippen molar-refractivity contribution in [2.75, 3.05) is 19.6 Å². The molecule has 2 aromatic carbocycles. The number of fused-ring (bicyclic) bond motifs is 1. The number of nitrogens with two attached hydrogens (primary N) is 1. The highest BCUT2D eigenvalue weighted by Gasteiger charge is 2.64. The van der Waals surface area contributed by atoms with E-state index in [1.165, 1.54) is 24.3 Å². The van der Waals surface area contributed by atoms with Crippen LogP contribution in [0.3, 0.4) is 0 Å². The minimum absolute atomic E-state index is 0.142. The zero-order valence-corrected chi connectivity index (χ0v) is 22.6. The summed E-state index contributed by atoms with van der Waals surface area (Å²) in [5.74, 6) is -2.93. The van der Waals surface area contributed by atoms with Crippen LogP contribution in [0, 0.1) is 0 Å². The van der Waals surface area contributed by atoms with Gasteiger partial charge in [-0.25, -0.2) is 17.2 Å². The predicted molar refractivity (Wildman–Crippen MR) is 135 cm³/mol. The summed E-state index contributed by atoms with van der Waals surface area (Å²) in [5.41, 5.74) is 3.76. The Morgan fingerprint density at radius 3 is 2.29 bits per heavy atom. The average molecular weight is 610 g/mol. The van der Waals surface area contributed by atoms with Crippen LogP contribution in [-0.2, 0) is 30.8 Å². The number of amides is 3. The third-order valence-corrected chi connectivity index (χ3v) is 9.37. The van der Waals surface area contributed by atoms with Crippen LogP contribution in [-0.4, -0.2) is 78.0 Å². The fourth-order valence-electron chi connectivity index (χ4n) is 4.87. The first-order valence-electron chi connectivity index (χ1n) is 11.2. The molecule has 2 aromatic rings. The SMILES string of the molecule is NC(=O)C12CN(CC(F)F)C(=O)C(Cc3ccc(Cl)cc3)N1C(=O)CCN2S(=O)(=O)c1ccc(Cl)cc1Cl. The quantitative estimate of drug-likeness (QED) is 0.518. The lowest BCUT2D eigenvalue weighted by molar-refractivity contribution is -0.186. The molecule has 0 radical (unpaired) electrons. The van der Waals surface area contributed by atoms with E-state index in [0.29, 0.717) is 19.8 Å². The maximum Gasteiger partial charge on any atom is 0.261 e. The van der Waals surface area contributed by atoms with E-state index in [1.807, 2.05) is 0 Å². The van der Waals surface area contributed by atoms with Gasteiger partial charge in [0.2, 0.25) is 27.5 Å². The minimum atomic E-state index is -4.67. The molecule has 2 fully saturated rings. The van der Waals surface area contributed by atoms with Crippen LogP contribution in [0.4, 0.5) is 8.78 Å². The number of alkyl halides is 2. The van der Waals surface area contributed by atoms with Crippen molar-refractivity contribution in [1.82, 2.24) is 14.1 Å². The molecule has 2 unspecified atom stereocenters. The van der Waals surface area contributed by atoms with E-state index in [4.69, 9.17) is 40.5 Å². The number of carbonyl (C=O) groups excluding carboxylic acids is 3. The molecule has 3 amide bonds. The summed E-state index contributed by atoms with van der Waals surface area (Å²) >= 11 is 18.0. The Kier molecular flexibility index (Phi) is 7.93. The maximum atomic E-state index is 13.9. The molecule has 2 N–H and O–H groups in total. The number of sulfonamides is 1. The van der Waals surface area contributed by atoms with E-state index in [1.54, 1.807) is 12.1 Å². The third kappa shape index (κ3) is 4.95. The van der Waals surface area contributed by atoms with Crippen molar-refractivity contribution in [3.05, 3.63) is 63.1 Å². The Morgan fingerprint density at radius 1 is 1.08 bits per heavy atom. The highest BCUT2D eigenvalue weighted by atomic mass is 35.5. The van der Waals surface area contributed by atoms with Crippen LogP contribution in [0.1, 0.15) is 12.0 Å². The number of halogens is 5. The standard InChI is InChI=1S/C23H21Cl3F2N4O5S/c24-14-3-1-13(2-4-14)9-17-21(34)30(11-19(27)28)12-23(22(29)35)31(8-7-20(33)32(17)23)38(36,37)18-6-5-15(25)10-16(18)26/h1-6,10,17,19H,7-9,11-12H2,(H2,29,35). The summed E-state index contributed by atoms with van der Waals surface area (Å²) in [6.45, 7) is -2.51. The van der Waals surface area contributed by atoms with Gasteiger partial charge >= 0.3 is 0 Å². The monoisotopic (exact) mass is 608 g/mol. The summed E-state index contributed by atoms with van der Waals surface area (Å²) in [7, 11) is -4.67. The van der Waals surface area contributed by atoms with Gasteiger partial charge in [-0.3, -0.25) is 14.4 Å². The highest BCUT2D eigenvalue weighted by Crippen LogP contribution is 2.40. The number of hydrogen-bond donors (Lipinski definition) is 1.